The van der Waals surface area contributed by atoms with Crippen LogP contribution in [0.5, 0.6) is 0 Å². The number of nitrogens with zero attached hydrogens (tertiary/aromatic N) is 2. The molecule has 1 aliphatic heterocycles. The van der Waals surface area contributed by atoms with Crippen molar-refractivity contribution < 1.29 is 13.6 Å². The third-order valence-electron chi connectivity index (χ3n) is 4.71. The number of amides is 1. The van der Waals surface area contributed by atoms with Crippen LogP contribution >= 0.6 is 0 Å². The zero-order valence-corrected chi connectivity index (χ0v) is 15.8. The molecule has 2 aromatic carbocycles. The van der Waals surface area contributed by atoms with Crippen molar-refractivity contribution in [2.75, 3.05) is 13.6 Å². The van der Waals surface area contributed by atoms with Gasteiger partial charge in [-0.05, 0) is 35.7 Å². The van der Waals surface area contributed by atoms with E-state index in [2.05, 4.69) is 15.6 Å². The fourth-order valence-electron chi connectivity index (χ4n) is 3.12. The van der Waals surface area contributed by atoms with Crippen LogP contribution in [0.2, 0.25) is 0 Å². The lowest BCUT2D eigenvalue weighted by molar-refractivity contribution is -0.128. The van der Waals surface area contributed by atoms with Crippen LogP contribution in [-0.4, -0.2) is 30.4 Å². The van der Waals surface area contributed by atoms with Gasteiger partial charge in [0.25, 0.3) is 0 Å². The van der Waals surface area contributed by atoms with E-state index in [0.717, 1.165) is 36.2 Å². The molecule has 0 bridgehead atoms. The average Bonchev–Trinajstić information content (AvgIpc) is 3.10. The second-order valence-electron chi connectivity index (χ2n) is 6.75. The van der Waals surface area contributed by atoms with Gasteiger partial charge < -0.3 is 15.5 Å². The predicted molar refractivity (Wildman–Crippen MR) is 104 cm³/mol. The normalized spacial score (nSPS) is 14.5. The Bertz CT molecular complexity index is 852. The maximum atomic E-state index is 13.7. The largest absolute Gasteiger partial charge is 0.352 e. The Morgan fingerprint density at radius 3 is 2.46 bits per heavy atom. The number of benzene rings is 2. The van der Waals surface area contributed by atoms with E-state index in [0.29, 0.717) is 25.5 Å². The Balaban J connectivity index is 1.49. The zero-order chi connectivity index (χ0) is 19.9. The van der Waals surface area contributed by atoms with Gasteiger partial charge in [0.05, 0.1) is 0 Å². The number of carbonyl (C=O) groups is 1. The molecule has 2 N–H and O–H groups in total. The third-order valence-corrected chi connectivity index (χ3v) is 4.71. The molecule has 0 spiro atoms. The summed E-state index contributed by atoms with van der Waals surface area (Å²) in [5.74, 6) is -0.223. The van der Waals surface area contributed by atoms with Gasteiger partial charge in [-0.3, -0.25) is 9.79 Å². The van der Waals surface area contributed by atoms with Crippen LogP contribution in [0.3, 0.4) is 0 Å². The van der Waals surface area contributed by atoms with E-state index in [-0.39, 0.29) is 18.0 Å². The fraction of sp³-hybridized carbons (Fsp3) is 0.333. The van der Waals surface area contributed by atoms with Gasteiger partial charge in [0.2, 0.25) is 5.91 Å². The number of likely N-dealkylation sites (tertiary alicyclic amines) is 1. The van der Waals surface area contributed by atoms with Gasteiger partial charge in [0.1, 0.15) is 11.6 Å². The smallest absolute Gasteiger partial charge is 0.222 e. The SMILES string of the molecule is CN=C(NCc1ccc(CN2CCCC2=O)cc1)NCc1cc(F)ccc1F. The highest BCUT2D eigenvalue weighted by molar-refractivity contribution is 5.79. The van der Waals surface area contributed by atoms with Crippen LogP contribution in [0.1, 0.15) is 29.5 Å². The molecular formula is C21H24F2N4O. The van der Waals surface area contributed by atoms with E-state index in [1.165, 1.54) is 6.07 Å². The first-order chi connectivity index (χ1) is 13.5. The average molecular weight is 386 g/mol. The zero-order valence-electron chi connectivity index (χ0n) is 15.8. The minimum atomic E-state index is -0.475. The molecule has 0 atom stereocenters. The van der Waals surface area contributed by atoms with Gasteiger partial charge in [-0.15, -0.1) is 0 Å². The molecular weight excluding hydrogens is 362 g/mol. The molecule has 3 rings (SSSR count). The standard InChI is InChI=1S/C21H24F2N4O/c1-24-21(26-13-17-11-18(22)8-9-19(17)23)25-12-15-4-6-16(7-5-15)14-27-10-2-3-20(27)28/h4-9,11H,2-3,10,12-14H2,1H3,(H2,24,25,26). The van der Waals surface area contributed by atoms with Gasteiger partial charge in [0, 0.05) is 45.2 Å². The third kappa shape index (κ3) is 5.28. The molecule has 1 fully saturated rings. The van der Waals surface area contributed by atoms with E-state index in [1.54, 1.807) is 7.05 Å². The van der Waals surface area contributed by atoms with Crippen LogP contribution in [-0.2, 0) is 24.4 Å². The molecule has 0 unspecified atom stereocenters. The summed E-state index contributed by atoms with van der Waals surface area (Å²) < 4.78 is 26.9. The Labute approximate surface area is 163 Å². The monoisotopic (exact) mass is 386 g/mol. The van der Waals surface area contributed by atoms with Gasteiger partial charge in [0.15, 0.2) is 5.96 Å². The van der Waals surface area contributed by atoms with Crippen molar-refractivity contribution >= 4 is 11.9 Å². The van der Waals surface area contributed by atoms with Crippen molar-refractivity contribution in [3.8, 4) is 0 Å². The Morgan fingerprint density at radius 2 is 1.79 bits per heavy atom. The first kappa shape index (κ1) is 19.8. The molecule has 0 aliphatic carbocycles. The Kier molecular flexibility index (Phi) is 6.57. The summed E-state index contributed by atoms with van der Waals surface area (Å²) in [6.45, 7) is 2.14. The summed E-state index contributed by atoms with van der Waals surface area (Å²) >= 11 is 0. The minimum absolute atomic E-state index is 0.131. The maximum absolute atomic E-state index is 13.7. The molecule has 2 aromatic rings. The molecule has 148 valence electrons. The second kappa shape index (κ2) is 9.30. The van der Waals surface area contributed by atoms with E-state index in [4.69, 9.17) is 0 Å². The first-order valence-electron chi connectivity index (χ1n) is 9.29. The van der Waals surface area contributed by atoms with Gasteiger partial charge in [-0.1, -0.05) is 24.3 Å². The number of hydrogen-bond acceptors (Lipinski definition) is 2. The topological polar surface area (TPSA) is 56.7 Å². The van der Waals surface area contributed by atoms with E-state index < -0.39 is 11.6 Å². The summed E-state index contributed by atoms with van der Waals surface area (Å²) in [5.41, 5.74) is 2.39. The molecule has 0 radical (unpaired) electrons. The summed E-state index contributed by atoms with van der Waals surface area (Å²) in [6.07, 6.45) is 1.58. The van der Waals surface area contributed by atoms with Crippen molar-refractivity contribution in [3.63, 3.8) is 0 Å². The number of hydrogen-bond donors (Lipinski definition) is 2. The first-order valence-corrected chi connectivity index (χ1v) is 9.29. The quantitative estimate of drug-likeness (QED) is 0.593. The van der Waals surface area contributed by atoms with Crippen LogP contribution in [0.15, 0.2) is 47.5 Å². The Morgan fingerprint density at radius 1 is 1.07 bits per heavy atom. The second-order valence-corrected chi connectivity index (χ2v) is 6.75. The van der Waals surface area contributed by atoms with E-state index in [9.17, 15) is 13.6 Å². The lowest BCUT2D eigenvalue weighted by atomic mass is 10.1. The van der Waals surface area contributed by atoms with Gasteiger partial charge in [-0.25, -0.2) is 8.78 Å². The van der Waals surface area contributed by atoms with E-state index in [1.807, 2.05) is 29.2 Å². The summed E-state index contributed by atoms with van der Waals surface area (Å²) in [5, 5.41) is 6.12. The summed E-state index contributed by atoms with van der Waals surface area (Å²) in [6, 6.07) is 11.4. The molecule has 0 saturated carbocycles. The predicted octanol–water partition coefficient (Wildman–Crippen LogP) is 2.95. The van der Waals surface area contributed by atoms with Gasteiger partial charge >= 0.3 is 0 Å². The minimum Gasteiger partial charge on any atom is -0.352 e. The highest BCUT2D eigenvalue weighted by Gasteiger charge is 2.19. The van der Waals surface area contributed by atoms with Crippen molar-refractivity contribution in [3.05, 3.63) is 70.8 Å². The van der Waals surface area contributed by atoms with Crippen molar-refractivity contribution in [2.45, 2.75) is 32.5 Å². The number of guanidine groups is 1. The summed E-state index contributed by atoms with van der Waals surface area (Å²) in [4.78, 5) is 17.7. The molecule has 1 aliphatic rings. The molecule has 1 saturated heterocycles. The highest BCUT2D eigenvalue weighted by Crippen LogP contribution is 2.15. The molecule has 1 heterocycles. The number of carbonyl (C=O) groups excluding carboxylic acids is 1. The summed E-state index contributed by atoms with van der Waals surface area (Å²) in [7, 11) is 1.62. The van der Waals surface area contributed by atoms with Gasteiger partial charge in [-0.2, -0.15) is 0 Å². The number of aliphatic imine (C=N–C) groups is 1. The van der Waals surface area contributed by atoms with Crippen LogP contribution in [0.25, 0.3) is 0 Å². The maximum Gasteiger partial charge on any atom is 0.222 e. The molecule has 1 amide bonds. The highest BCUT2D eigenvalue weighted by atomic mass is 19.1. The van der Waals surface area contributed by atoms with Crippen LogP contribution in [0.4, 0.5) is 8.78 Å². The van der Waals surface area contributed by atoms with E-state index >= 15 is 0 Å². The molecule has 0 aromatic heterocycles. The number of rotatable bonds is 6. The fourth-order valence-corrected chi connectivity index (χ4v) is 3.12. The number of halogens is 2. The number of nitrogens with one attached hydrogen (secondary N) is 2. The van der Waals surface area contributed by atoms with Crippen molar-refractivity contribution in [1.82, 2.24) is 15.5 Å². The molecule has 5 nitrogen and oxygen atoms in total. The molecule has 28 heavy (non-hydrogen) atoms. The Hall–Kier alpha value is -2.96. The molecule has 7 heteroatoms. The lowest BCUT2D eigenvalue weighted by Crippen LogP contribution is -2.36. The van der Waals surface area contributed by atoms with Crippen molar-refractivity contribution in [1.29, 1.82) is 0 Å². The lowest BCUT2D eigenvalue weighted by Gasteiger charge is -2.16. The van der Waals surface area contributed by atoms with Crippen molar-refractivity contribution in [2.24, 2.45) is 4.99 Å². The van der Waals surface area contributed by atoms with Crippen LogP contribution in [0, 0.1) is 11.6 Å². The van der Waals surface area contributed by atoms with Crippen LogP contribution < -0.4 is 10.6 Å².